The maximum absolute atomic E-state index is 12.7. The van der Waals surface area contributed by atoms with E-state index in [-0.39, 0.29) is 11.7 Å². The highest BCUT2D eigenvalue weighted by atomic mass is 79.9. The fraction of sp³-hybridized carbons (Fsp3) is 0. The van der Waals surface area contributed by atoms with Crippen molar-refractivity contribution >= 4 is 83.6 Å². The van der Waals surface area contributed by atoms with Gasteiger partial charge >= 0.3 is 5.97 Å². The molecule has 4 aromatic rings. The molecule has 0 heterocycles. The zero-order valence-corrected chi connectivity index (χ0v) is 25.4. The smallest absolute Gasteiger partial charge is 0.336 e. The Balaban J connectivity index is 1.43. The summed E-state index contributed by atoms with van der Waals surface area (Å²) >= 11 is 10.2. The summed E-state index contributed by atoms with van der Waals surface area (Å²) in [4.78, 5) is 37.7. The molecule has 0 radical (unpaired) electrons. The largest absolute Gasteiger partial charge is 0.421 e. The van der Waals surface area contributed by atoms with Crippen molar-refractivity contribution in [3.05, 3.63) is 133 Å². The summed E-state index contributed by atoms with van der Waals surface area (Å²) in [5.74, 6) is -1.13. The Morgan fingerprint density at radius 2 is 1.50 bits per heavy atom. The van der Waals surface area contributed by atoms with Crippen LogP contribution in [0.2, 0.25) is 0 Å². The van der Waals surface area contributed by atoms with E-state index in [1.165, 1.54) is 12.3 Å². The molecule has 0 spiro atoms. The van der Waals surface area contributed by atoms with Crippen LogP contribution in [-0.2, 0) is 4.79 Å². The van der Waals surface area contributed by atoms with Crippen LogP contribution in [0.4, 0.5) is 5.69 Å². The SMILES string of the molecule is O=C(/C=C/c1ccccc1)Oc1c(Br)cc(Br)cc1C=NNC(=O)c1cccc(NC(=O)c2ccc(Br)cc2)c1. The van der Waals surface area contributed by atoms with Crippen molar-refractivity contribution < 1.29 is 19.1 Å². The van der Waals surface area contributed by atoms with Crippen LogP contribution in [-0.4, -0.2) is 24.0 Å². The Morgan fingerprint density at radius 1 is 0.750 bits per heavy atom. The lowest BCUT2D eigenvalue weighted by Crippen LogP contribution is -2.18. The summed E-state index contributed by atoms with van der Waals surface area (Å²) in [6.45, 7) is 0. The fourth-order valence-corrected chi connectivity index (χ4v) is 5.02. The zero-order valence-electron chi connectivity index (χ0n) is 20.6. The van der Waals surface area contributed by atoms with Crippen LogP contribution in [0.5, 0.6) is 5.75 Å². The van der Waals surface area contributed by atoms with E-state index in [1.54, 1.807) is 66.7 Å². The number of benzene rings is 4. The number of carbonyl (C=O) groups excluding carboxylic acids is 3. The van der Waals surface area contributed by atoms with Crippen LogP contribution in [0.25, 0.3) is 6.08 Å². The van der Waals surface area contributed by atoms with Gasteiger partial charge in [-0.3, -0.25) is 9.59 Å². The number of rotatable bonds is 8. The van der Waals surface area contributed by atoms with E-state index in [0.717, 1.165) is 10.0 Å². The van der Waals surface area contributed by atoms with E-state index in [0.29, 0.717) is 31.3 Å². The van der Waals surface area contributed by atoms with E-state index in [1.807, 2.05) is 30.3 Å². The van der Waals surface area contributed by atoms with Crippen molar-refractivity contribution in [1.82, 2.24) is 5.43 Å². The standard InChI is InChI=1S/C30H20Br3N3O4/c31-23-12-10-20(11-13-23)29(38)35-25-8-4-7-21(16-25)30(39)36-34-18-22-15-24(32)17-26(33)28(22)40-27(37)14-9-19-5-2-1-3-6-19/h1-18H,(H,35,38)(H,36,39)/b14-9+,34-18?. The van der Waals surface area contributed by atoms with E-state index in [4.69, 9.17) is 4.74 Å². The molecule has 0 saturated heterocycles. The van der Waals surface area contributed by atoms with Gasteiger partial charge in [-0.2, -0.15) is 5.10 Å². The highest BCUT2D eigenvalue weighted by molar-refractivity contribution is 9.11. The Labute approximate surface area is 255 Å². The van der Waals surface area contributed by atoms with Crippen LogP contribution in [0.1, 0.15) is 31.8 Å². The number of hydrazone groups is 1. The highest BCUT2D eigenvalue weighted by Crippen LogP contribution is 2.32. The summed E-state index contributed by atoms with van der Waals surface area (Å²) in [6.07, 6.45) is 4.35. The van der Waals surface area contributed by atoms with Crippen molar-refractivity contribution in [2.75, 3.05) is 5.32 Å². The molecule has 200 valence electrons. The van der Waals surface area contributed by atoms with Crippen LogP contribution in [0, 0.1) is 0 Å². The molecule has 4 aromatic carbocycles. The molecular weight excluding hydrogens is 706 g/mol. The minimum atomic E-state index is -0.576. The lowest BCUT2D eigenvalue weighted by atomic mass is 10.1. The number of esters is 1. The van der Waals surface area contributed by atoms with Gasteiger partial charge in [-0.1, -0.05) is 68.3 Å². The Kier molecular flexibility index (Phi) is 10.2. The normalized spacial score (nSPS) is 11.0. The Hall–Kier alpha value is -3.86. The summed E-state index contributed by atoms with van der Waals surface area (Å²) in [6, 6.07) is 26.2. The molecule has 2 N–H and O–H groups in total. The summed E-state index contributed by atoms with van der Waals surface area (Å²) in [5.41, 5.74) is 4.99. The van der Waals surface area contributed by atoms with Gasteiger partial charge in [-0.15, -0.1) is 0 Å². The lowest BCUT2D eigenvalue weighted by Gasteiger charge is -2.09. The van der Waals surface area contributed by atoms with Crippen LogP contribution in [0.15, 0.2) is 116 Å². The van der Waals surface area contributed by atoms with Gasteiger partial charge in [0.25, 0.3) is 11.8 Å². The topological polar surface area (TPSA) is 96.9 Å². The van der Waals surface area contributed by atoms with Gasteiger partial charge in [0.15, 0.2) is 5.75 Å². The molecule has 0 aromatic heterocycles. The fourth-order valence-electron chi connectivity index (χ4n) is 3.41. The molecule has 0 fully saturated rings. The van der Waals surface area contributed by atoms with Gasteiger partial charge in [0.05, 0.1) is 10.7 Å². The maximum atomic E-state index is 12.7. The molecule has 0 atom stereocenters. The molecule has 0 unspecified atom stereocenters. The number of amides is 2. The maximum Gasteiger partial charge on any atom is 0.336 e. The number of halogens is 3. The number of anilines is 1. The van der Waals surface area contributed by atoms with Crippen LogP contribution >= 0.6 is 47.8 Å². The molecule has 0 saturated carbocycles. The molecule has 0 aliphatic rings. The quantitative estimate of drug-likeness (QED) is 0.0643. The second-order valence-electron chi connectivity index (χ2n) is 8.21. The zero-order chi connectivity index (χ0) is 28.5. The second kappa shape index (κ2) is 14.0. The van der Waals surface area contributed by atoms with Crippen molar-refractivity contribution in [2.24, 2.45) is 5.10 Å². The molecule has 2 amide bonds. The van der Waals surface area contributed by atoms with Gasteiger partial charge < -0.3 is 10.1 Å². The third-order valence-corrected chi connectivity index (χ3v) is 6.89. The van der Waals surface area contributed by atoms with Gasteiger partial charge in [-0.25, -0.2) is 10.2 Å². The lowest BCUT2D eigenvalue weighted by molar-refractivity contribution is -0.128. The molecule has 4 rings (SSSR count). The monoisotopic (exact) mass is 723 g/mol. The molecule has 10 heteroatoms. The van der Waals surface area contributed by atoms with E-state index in [2.05, 4.69) is 63.6 Å². The molecule has 0 bridgehead atoms. The first-order valence-corrected chi connectivity index (χ1v) is 14.1. The predicted molar refractivity (Wildman–Crippen MR) is 167 cm³/mol. The van der Waals surface area contributed by atoms with Gasteiger partial charge in [0, 0.05) is 37.4 Å². The first-order valence-electron chi connectivity index (χ1n) is 11.7. The van der Waals surface area contributed by atoms with Gasteiger partial charge in [0.1, 0.15) is 0 Å². The summed E-state index contributed by atoms with van der Waals surface area (Å²) < 4.78 is 7.64. The number of carbonyl (C=O) groups is 3. The Bertz CT molecular complexity index is 1600. The van der Waals surface area contributed by atoms with E-state index in [9.17, 15) is 14.4 Å². The number of hydrogen-bond donors (Lipinski definition) is 2. The van der Waals surface area contributed by atoms with Crippen molar-refractivity contribution in [3.8, 4) is 5.75 Å². The average Bonchev–Trinajstić information content (AvgIpc) is 2.94. The summed E-state index contributed by atoms with van der Waals surface area (Å²) in [7, 11) is 0. The average molecular weight is 726 g/mol. The van der Waals surface area contributed by atoms with Crippen molar-refractivity contribution in [1.29, 1.82) is 0 Å². The number of nitrogens with zero attached hydrogens (tertiary/aromatic N) is 1. The van der Waals surface area contributed by atoms with Crippen LogP contribution in [0.3, 0.4) is 0 Å². The van der Waals surface area contributed by atoms with Crippen molar-refractivity contribution in [2.45, 2.75) is 0 Å². The highest BCUT2D eigenvalue weighted by Gasteiger charge is 2.13. The minimum Gasteiger partial charge on any atom is -0.421 e. The number of ether oxygens (including phenoxy) is 1. The van der Waals surface area contributed by atoms with E-state index < -0.39 is 11.9 Å². The number of hydrogen-bond acceptors (Lipinski definition) is 5. The molecule has 0 aliphatic heterocycles. The van der Waals surface area contributed by atoms with E-state index >= 15 is 0 Å². The second-order valence-corrected chi connectivity index (χ2v) is 10.9. The number of nitrogens with one attached hydrogen (secondary N) is 2. The first-order chi connectivity index (χ1) is 19.3. The molecule has 7 nitrogen and oxygen atoms in total. The van der Waals surface area contributed by atoms with Crippen molar-refractivity contribution in [3.63, 3.8) is 0 Å². The van der Waals surface area contributed by atoms with Gasteiger partial charge in [0.2, 0.25) is 0 Å². The first kappa shape index (κ1) is 29.1. The molecule has 0 aliphatic carbocycles. The van der Waals surface area contributed by atoms with Crippen LogP contribution < -0.4 is 15.5 Å². The predicted octanol–water partition coefficient (Wildman–Crippen LogP) is 7.61. The minimum absolute atomic E-state index is 0.238. The molecule has 40 heavy (non-hydrogen) atoms. The summed E-state index contributed by atoms with van der Waals surface area (Å²) in [5, 5.41) is 6.82. The molecular formula is C30H20Br3N3O4. The third-order valence-electron chi connectivity index (χ3n) is 5.31. The third kappa shape index (κ3) is 8.32. The Morgan fingerprint density at radius 3 is 2.25 bits per heavy atom. The van der Waals surface area contributed by atoms with Gasteiger partial charge in [-0.05, 0) is 82.2 Å².